The average Bonchev–Trinajstić information content (AvgIpc) is 2.51. The lowest BCUT2D eigenvalue weighted by Gasteiger charge is -2.37. The molecule has 6 heteroatoms. The average molecular weight is 298 g/mol. The fraction of sp³-hybridized carbons (Fsp3) is 0.375. The minimum atomic E-state index is -0.285. The van der Waals surface area contributed by atoms with Crippen LogP contribution in [0.1, 0.15) is 40.8 Å². The van der Waals surface area contributed by atoms with Gasteiger partial charge >= 0.3 is 0 Å². The van der Waals surface area contributed by atoms with E-state index in [1.54, 1.807) is 12.4 Å². The number of pyridine rings is 1. The molecule has 0 spiro atoms. The summed E-state index contributed by atoms with van der Waals surface area (Å²) in [6, 6.07) is 5.39. The topological polar surface area (TPSA) is 88.0 Å². The fourth-order valence-electron chi connectivity index (χ4n) is 2.62. The predicted octanol–water partition coefficient (Wildman–Crippen LogP) is 1.42. The zero-order valence-electron chi connectivity index (χ0n) is 12.3. The highest BCUT2D eigenvalue weighted by molar-refractivity contribution is 5.92. The van der Waals surface area contributed by atoms with E-state index in [0.29, 0.717) is 12.8 Å². The van der Waals surface area contributed by atoms with E-state index in [9.17, 15) is 9.90 Å². The molecule has 2 aromatic rings. The van der Waals surface area contributed by atoms with Crippen LogP contribution in [-0.4, -0.2) is 32.1 Å². The third-order valence-corrected chi connectivity index (χ3v) is 3.93. The van der Waals surface area contributed by atoms with Crippen LogP contribution >= 0.6 is 0 Å². The van der Waals surface area contributed by atoms with Gasteiger partial charge in [-0.2, -0.15) is 0 Å². The Labute approximate surface area is 128 Å². The number of nitrogens with zero attached hydrogens (tertiary/aromatic N) is 3. The number of aryl methyl sites for hydroxylation is 1. The molecule has 2 aromatic heterocycles. The number of amides is 1. The number of rotatable bonds is 4. The third kappa shape index (κ3) is 3.12. The molecule has 2 N–H and O–H groups in total. The Morgan fingerprint density at radius 3 is 2.68 bits per heavy atom. The number of hydrogen-bond donors (Lipinski definition) is 2. The Morgan fingerprint density at radius 2 is 2.09 bits per heavy atom. The van der Waals surface area contributed by atoms with Crippen LogP contribution < -0.4 is 5.32 Å². The number of carbonyl (C=O) groups is 1. The molecule has 6 nitrogen and oxygen atoms in total. The van der Waals surface area contributed by atoms with Crippen molar-refractivity contribution in [2.24, 2.45) is 5.92 Å². The van der Waals surface area contributed by atoms with Gasteiger partial charge in [0.1, 0.15) is 5.69 Å². The van der Waals surface area contributed by atoms with E-state index in [1.165, 1.54) is 6.20 Å². The summed E-state index contributed by atoms with van der Waals surface area (Å²) in [5.74, 6) is -0.0863. The highest BCUT2D eigenvalue weighted by atomic mass is 16.3. The van der Waals surface area contributed by atoms with Gasteiger partial charge in [-0.3, -0.25) is 14.8 Å². The quantitative estimate of drug-likeness (QED) is 0.891. The molecule has 0 saturated heterocycles. The van der Waals surface area contributed by atoms with Crippen LogP contribution in [0.15, 0.2) is 36.8 Å². The summed E-state index contributed by atoms with van der Waals surface area (Å²) in [5.41, 5.74) is 1.85. The number of carbonyl (C=O) groups excluding carboxylic acids is 1. The lowest BCUT2D eigenvalue weighted by molar-refractivity contribution is 0.0227. The van der Waals surface area contributed by atoms with Crippen LogP contribution in [0.4, 0.5) is 0 Å². The van der Waals surface area contributed by atoms with Gasteiger partial charge in [0.25, 0.3) is 5.91 Å². The van der Waals surface area contributed by atoms with Gasteiger partial charge in [-0.1, -0.05) is 6.07 Å². The largest absolute Gasteiger partial charge is 0.393 e. The van der Waals surface area contributed by atoms with Crippen molar-refractivity contribution in [3.05, 3.63) is 53.9 Å². The van der Waals surface area contributed by atoms with Crippen molar-refractivity contribution >= 4 is 5.91 Å². The molecule has 1 amide bonds. The summed E-state index contributed by atoms with van der Waals surface area (Å²) in [7, 11) is 0. The highest BCUT2D eigenvalue weighted by Gasteiger charge is 2.36. The molecule has 114 valence electrons. The normalized spacial score (nSPS) is 21.7. The standard InChI is InChI=1S/C16H18N4O2/c1-10-8-19-14(9-18-10)16(22)20-15(11-6-12(21)7-11)13-4-2-3-5-17-13/h2-5,8-9,11-12,15,21H,6-7H2,1H3,(H,20,22). The minimum absolute atomic E-state index is 0.187. The maximum Gasteiger partial charge on any atom is 0.272 e. The van der Waals surface area contributed by atoms with E-state index < -0.39 is 0 Å². The van der Waals surface area contributed by atoms with E-state index in [-0.39, 0.29) is 29.7 Å². The van der Waals surface area contributed by atoms with E-state index >= 15 is 0 Å². The Kier molecular flexibility index (Phi) is 4.11. The molecule has 1 fully saturated rings. The molecule has 1 saturated carbocycles. The Hall–Kier alpha value is -2.34. The number of aliphatic hydroxyl groups excluding tert-OH is 1. The number of aromatic nitrogens is 3. The molecule has 0 bridgehead atoms. The summed E-state index contributed by atoms with van der Waals surface area (Å²) in [4.78, 5) is 24.9. The molecule has 0 aromatic carbocycles. The van der Waals surface area contributed by atoms with Gasteiger partial charge < -0.3 is 10.4 Å². The zero-order chi connectivity index (χ0) is 15.5. The van der Waals surface area contributed by atoms with E-state index in [1.807, 2.05) is 25.1 Å². The Morgan fingerprint density at radius 1 is 1.27 bits per heavy atom. The summed E-state index contributed by atoms with van der Waals surface area (Å²) in [6.45, 7) is 1.82. The smallest absolute Gasteiger partial charge is 0.272 e. The number of hydrogen-bond acceptors (Lipinski definition) is 5. The first-order valence-corrected chi connectivity index (χ1v) is 7.32. The first-order chi connectivity index (χ1) is 10.6. The Bertz CT molecular complexity index is 639. The summed E-state index contributed by atoms with van der Waals surface area (Å²) in [5, 5.41) is 12.5. The molecule has 1 unspecified atom stereocenters. The van der Waals surface area contributed by atoms with Gasteiger partial charge in [0.05, 0.1) is 29.7 Å². The van der Waals surface area contributed by atoms with Crippen molar-refractivity contribution in [1.82, 2.24) is 20.3 Å². The lowest BCUT2D eigenvalue weighted by atomic mass is 9.76. The molecular weight excluding hydrogens is 280 g/mol. The van der Waals surface area contributed by atoms with Crippen molar-refractivity contribution in [3.8, 4) is 0 Å². The van der Waals surface area contributed by atoms with Crippen LogP contribution in [0.5, 0.6) is 0 Å². The van der Waals surface area contributed by atoms with Crippen LogP contribution in [0.25, 0.3) is 0 Å². The number of nitrogens with one attached hydrogen (secondary N) is 1. The van der Waals surface area contributed by atoms with E-state index in [4.69, 9.17) is 0 Å². The molecule has 1 aliphatic carbocycles. The van der Waals surface area contributed by atoms with Crippen LogP contribution in [0, 0.1) is 12.8 Å². The van der Waals surface area contributed by atoms with Crippen molar-refractivity contribution in [2.45, 2.75) is 31.9 Å². The van der Waals surface area contributed by atoms with Gasteiger partial charge in [-0.15, -0.1) is 0 Å². The second-order valence-corrected chi connectivity index (χ2v) is 5.63. The molecule has 1 aliphatic rings. The minimum Gasteiger partial charge on any atom is -0.393 e. The molecular formula is C16H18N4O2. The maximum absolute atomic E-state index is 12.4. The lowest BCUT2D eigenvalue weighted by Crippen LogP contribution is -2.42. The summed E-state index contributed by atoms with van der Waals surface area (Å²) >= 11 is 0. The maximum atomic E-state index is 12.4. The van der Waals surface area contributed by atoms with Gasteiger partial charge in [0, 0.05) is 12.4 Å². The van der Waals surface area contributed by atoms with Gasteiger partial charge in [0.2, 0.25) is 0 Å². The molecule has 1 atom stereocenters. The molecule has 0 aliphatic heterocycles. The first kappa shape index (κ1) is 14.6. The number of aliphatic hydroxyl groups is 1. The monoisotopic (exact) mass is 298 g/mol. The van der Waals surface area contributed by atoms with Crippen molar-refractivity contribution in [2.75, 3.05) is 0 Å². The summed E-state index contributed by atoms with van der Waals surface area (Å²) in [6.07, 6.45) is 5.79. The van der Waals surface area contributed by atoms with E-state index in [0.717, 1.165) is 11.4 Å². The Balaban J connectivity index is 1.78. The summed E-state index contributed by atoms with van der Waals surface area (Å²) < 4.78 is 0. The molecule has 2 heterocycles. The van der Waals surface area contributed by atoms with Crippen LogP contribution in [0.3, 0.4) is 0 Å². The molecule has 0 radical (unpaired) electrons. The third-order valence-electron chi connectivity index (χ3n) is 3.93. The molecule has 3 rings (SSSR count). The van der Waals surface area contributed by atoms with Gasteiger partial charge in [0.15, 0.2) is 0 Å². The zero-order valence-corrected chi connectivity index (χ0v) is 12.3. The van der Waals surface area contributed by atoms with Crippen molar-refractivity contribution in [1.29, 1.82) is 0 Å². The van der Waals surface area contributed by atoms with Crippen LogP contribution in [0.2, 0.25) is 0 Å². The van der Waals surface area contributed by atoms with Crippen molar-refractivity contribution < 1.29 is 9.90 Å². The molecule has 22 heavy (non-hydrogen) atoms. The van der Waals surface area contributed by atoms with Crippen molar-refractivity contribution in [3.63, 3.8) is 0 Å². The fourth-order valence-corrected chi connectivity index (χ4v) is 2.62. The van der Waals surface area contributed by atoms with Crippen LogP contribution in [-0.2, 0) is 0 Å². The SMILES string of the molecule is Cc1cnc(C(=O)NC(c2ccccn2)C2CC(O)C2)cn1. The highest BCUT2D eigenvalue weighted by Crippen LogP contribution is 2.37. The van der Waals surface area contributed by atoms with Gasteiger partial charge in [-0.05, 0) is 37.8 Å². The van der Waals surface area contributed by atoms with E-state index in [2.05, 4.69) is 20.3 Å². The first-order valence-electron chi connectivity index (χ1n) is 7.32. The second kappa shape index (κ2) is 6.19. The predicted molar refractivity (Wildman–Crippen MR) is 79.9 cm³/mol. The second-order valence-electron chi connectivity index (χ2n) is 5.63. The van der Waals surface area contributed by atoms with Gasteiger partial charge in [-0.25, -0.2) is 4.98 Å².